The first-order valence-corrected chi connectivity index (χ1v) is 13.3. The van der Waals surface area contributed by atoms with E-state index >= 15 is 0 Å². The maximum Gasteiger partial charge on any atom is 0.255 e. The van der Waals surface area contributed by atoms with E-state index in [1.807, 2.05) is 76.2 Å². The van der Waals surface area contributed by atoms with Gasteiger partial charge in [-0.1, -0.05) is 61.9 Å². The molecule has 1 aromatic heterocycles. The summed E-state index contributed by atoms with van der Waals surface area (Å²) in [5.74, 6) is 0.196. The molecule has 40 heavy (non-hydrogen) atoms. The van der Waals surface area contributed by atoms with Crippen molar-refractivity contribution in [3.05, 3.63) is 77.4 Å². The minimum absolute atomic E-state index is 0.00942. The molecule has 0 aliphatic carbocycles. The predicted octanol–water partition coefficient (Wildman–Crippen LogP) is 6.99. The van der Waals surface area contributed by atoms with Crippen molar-refractivity contribution < 1.29 is 18.7 Å². The number of fused-ring (bicyclic) bond motifs is 1. The SMILES string of the molecule is CCN(C#N)c1cc2oc(-c3ccc(C)cc3)c(C(=O)NC)c2cc1-c1cccc(C(=O)CC(C)(C)COC)c1. The van der Waals surface area contributed by atoms with Crippen LogP contribution in [0.3, 0.4) is 0 Å². The van der Waals surface area contributed by atoms with Crippen LogP contribution in [0.15, 0.2) is 65.1 Å². The van der Waals surface area contributed by atoms with E-state index in [1.165, 1.54) is 0 Å². The highest BCUT2D eigenvalue weighted by molar-refractivity contribution is 6.13. The van der Waals surface area contributed by atoms with E-state index in [0.717, 1.165) is 22.3 Å². The summed E-state index contributed by atoms with van der Waals surface area (Å²) in [5.41, 5.74) is 5.18. The number of nitrogens with zero attached hydrogens (tertiary/aromatic N) is 2. The number of rotatable bonds is 10. The van der Waals surface area contributed by atoms with Crippen LogP contribution in [0.1, 0.15) is 53.5 Å². The lowest BCUT2D eigenvalue weighted by molar-refractivity contribution is 0.0756. The van der Waals surface area contributed by atoms with Gasteiger partial charge in [-0.3, -0.25) is 14.5 Å². The Morgan fingerprint density at radius 2 is 1.80 bits per heavy atom. The van der Waals surface area contributed by atoms with E-state index in [9.17, 15) is 14.9 Å². The molecule has 0 aliphatic rings. The molecule has 0 spiro atoms. The second-order valence-corrected chi connectivity index (χ2v) is 10.7. The van der Waals surface area contributed by atoms with E-state index in [0.29, 0.717) is 53.1 Å². The van der Waals surface area contributed by atoms with Crippen molar-refractivity contribution in [3.8, 4) is 28.6 Å². The summed E-state index contributed by atoms with van der Waals surface area (Å²) in [6, 6.07) is 18.9. The van der Waals surface area contributed by atoms with Gasteiger partial charge in [0, 0.05) is 55.3 Å². The van der Waals surface area contributed by atoms with Crippen LogP contribution in [0.5, 0.6) is 0 Å². The molecule has 206 valence electrons. The van der Waals surface area contributed by atoms with Crippen molar-refractivity contribution in [1.29, 1.82) is 5.26 Å². The number of carbonyl (C=O) groups is 2. The zero-order valence-electron chi connectivity index (χ0n) is 23.9. The molecular formula is C33H35N3O4. The number of hydrogen-bond acceptors (Lipinski definition) is 6. The van der Waals surface area contributed by atoms with Gasteiger partial charge in [-0.15, -0.1) is 0 Å². The van der Waals surface area contributed by atoms with Gasteiger partial charge in [-0.05, 0) is 37.0 Å². The number of methoxy groups -OCH3 is 1. The second kappa shape index (κ2) is 11.8. The number of benzene rings is 3. The zero-order valence-corrected chi connectivity index (χ0v) is 23.9. The first-order valence-electron chi connectivity index (χ1n) is 13.3. The Labute approximate surface area is 235 Å². The number of hydrogen-bond donors (Lipinski definition) is 1. The number of carbonyl (C=O) groups excluding carboxylic acids is 2. The molecule has 0 unspecified atom stereocenters. The highest BCUT2D eigenvalue weighted by Crippen LogP contribution is 2.41. The van der Waals surface area contributed by atoms with Crippen LogP contribution in [0, 0.1) is 23.8 Å². The van der Waals surface area contributed by atoms with Gasteiger partial charge in [0.15, 0.2) is 12.0 Å². The van der Waals surface area contributed by atoms with Gasteiger partial charge in [0.05, 0.1) is 17.9 Å². The lowest BCUT2D eigenvalue weighted by Crippen LogP contribution is -2.22. The zero-order chi connectivity index (χ0) is 29.0. The summed E-state index contributed by atoms with van der Waals surface area (Å²) in [6.07, 6.45) is 2.58. The van der Waals surface area contributed by atoms with E-state index in [-0.39, 0.29) is 17.1 Å². The molecule has 7 heteroatoms. The van der Waals surface area contributed by atoms with E-state index < -0.39 is 0 Å². The lowest BCUT2D eigenvalue weighted by atomic mass is 9.86. The Morgan fingerprint density at radius 3 is 2.42 bits per heavy atom. The number of ketones is 1. The van der Waals surface area contributed by atoms with Crippen LogP contribution in [0.2, 0.25) is 0 Å². The maximum atomic E-state index is 13.2. The first kappa shape index (κ1) is 28.6. The van der Waals surface area contributed by atoms with Gasteiger partial charge in [-0.25, -0.2) is 0 Å². The molecule has 4 rings (SSSR count). The standard InChI is InChI=1S/C33H35N3O4/c1-7-36(20-34)27-17-29-26(30(32(38)35-5)31(40-29)22-13-11-21(2)12-14-22)16-25(27)23-9-8-10-24(15-23)28(37)18-33(3,4)19-39-6/h8-17H,7,18-19H2,1-6H3,(H,35,38). The molecule has 0 aliphatic heterocycles. The topological polar surface area (TPSA) is 95.6 Å². The summed E-state index contributed by atoms with van der Waals surface area (Å²) in [5, 5.41) is 13.3. The van der Waals surface area contributed by atoms with Gasteiger partial charge in [0.25, 0.3) is 5.91 Å². The Balaban J connectivity index is 1.93. The minimum atomic E-state index is -0.308. The molecule has 1 N–H and O–H groups in total. The monoisotopic (exact) mass is 537 g/mol. The molecule has 0 atom stereocenters. The number of nitriles is 1. The third-order valence-corrected chi connectivity index (χ3v) is 6.97. The summed E-state index contributed by atoms with van der Waals surface area (Å²) < 4.78 is 11.6. The highest BCUT2D eigenvalue weighted by Gasteiger charge is 2.26. The van der Waals surface area contributed by atoms with Crippen molar-refractivity contribution >= 4 is 28.3 Å². The minimum Gasteiger partial charge on any atom is -0.455 e. The van der Waals surface area contributed by atoms with Crippen LogP contribution in [0.25, 0.3) is 33.4 Å². The van der Waals surface area contributed by atoms with Gasteiger partial charge < -0.3 is 14.5 Å². The second-order valence-electron chi connectivity index (χ2n) is 10.7. The quantitative estimate of drug-likeness (QED) is 0.133. The van der Waals surface area contributed by atoms with E-state index in [1.54, 1.807) is 31.2 Å². The van der Waals surface area contributed by atoms with Gasteiger partial charge in [0.2, 0.25) is 0 Å². The Kier molecular flexibility index (Phi) is 8.41. The Bertz CT molecular complexity index is 1590. The number of ether oxygens (including phenoxy) is 1. The number of anilines is 1. The van der Waals surface area contributed by atoms with Crippen molar-refractivity contribution in [2.75, 3.05) is 32.2 Å². The molecule has 3 aromatic carbocycles. The molecule has 0 bridgehead atoms. The van der Waals surface area contributed by atoms with Crippen molar-refractivity contribution in [1.82, 2.24) is 5.32 Å². The molecule has 7 nitrogen and oxygen atoms in total. The molecule has 0 fully saturated rings. The summed E-state index contributed by atoms with van der Waals surface area (Å²) in [6.45, 7) is 8.80. The lowest BCUT2D eigenvalue weighted by Gasteiger charge is -2.22. The predicted molar refractivity (Wildman–Crippen MR) is 158 cm³/mol. The molecular weight excluding hydrogens is 502 g/mol. The molecule has 0 radical (unpaired) electrons. The van der Waals surface area contributed by atoms with Crippen LogP contribution < -0.4 is 10.2 Å². The van der Waals surface area contributed by atoms with Crippen molar-refractivity contribution in [2.45, 2.75) is 34.1 Å². The Morgan fingerprint density at radius 1 is 1.07 bits per heavy atom. The third kappa shape index (κ3) is 5.78. The number of furan rings is 1. The fourth-order valence-electron chi connectivity index (χ4n) is 4.98. The van der Waals surface area contributed by atoms with Crippen LogP contribution in [-0.4, -0.2) is 39.0 Å². The maximum absolute atomic E-state index is 13.2. The first-order chi connectivity index (χ1) is 19.1. The number of nitrogens with one attached hydrogen (secondary N) is 1. The summed E-state index contributed by atoms with van der Waals surface area (Å²) >= 11 is 0. The van der Waals surface area contributed by atoms with Crippen molar-refractivity contribution in [2.24, 2.45) is 5.41 Å². The fourth-order valence-corrected chi connectivity index (χ4v) is 4.98. The molecule has 1 amide bonds. The average molecular weight is 538 g/mol. The van der Waals surface area contributed by atoms with Crippen LogP contribution in [0.4, 0.5) is 5.69 Å². The van der Waals surface area contributed by atoms with Gasteiger partial charge >= 0.3 is 0 Å². The van der Waals surface area contributed by atoms with E-state index in [2.05, 4.69) is 11.5 Å². The highest BCUT2D eigenvalue weighted by atomic mass is 16.5. The molecule has 4 aromatic rings. The van der Waals surface area contributed by atoms with Crippen LogP contribution >= 0.6 is 0 Å². The number of aryl methyl sites for hydroxylation is 1. The molecule has 1 heterocycles. The van der Waals surface area contributed by atoms with Gasteiger partial charge in [0.1, 0.15) is 11.3 Å². The molecule has 0 saturated carbocycles. The average Bonchev–Trinajstić information content (AvgIpc) is 3.31. The third-order valence-electron chi connectivity index (χ3n) is 6.97. The number of Topliss-reactive ketones (excluding diaryl/α,β-unsaturated/α-hetero) is 1. The number of amides is 1. The molecule has 0 saturated heterocycles. The van der Waals surface area contributed by atoms with Gasteiger partial charge in [-0.2, -0.15) is 5.26 Å². The Hall–Kier alpha value is -4.41. The van der Waals surface area contributed by atoms with E-state index in [4.69, 9.17) is 9.15 Å². The largest absolute Gasteiger partial charge is 0.455 e. The smallest absolute Gasteiger partial charge is 0.255 e. The summed E-state index contributed by atoms with van der Waals surface area (Å²) in [7, 11) is 3.22. The normalized spacial score (nSPS) is 11.3. The van der Waals surface area contributed by atoms with Crippen LogP contribution in [-0.2, 0) is 4.74 Å². The summed E-state index contributed by atoms with van der Waals surface area (Å²) in [4.78, 5) is 28.0. The fraction of sp³-hybridized carbons (Fsp3) is 0.303. The van der Waals surface area contributed by atoms with Crippen molar-refractivity contribution in [3.63, 3.8) is 0 Å².